The summed E-state index contributed by atoms with van der Waals surface area (Å²) in [5.41, 5.74) is -5.30. The molecule has 1 N–H and O–H groups in total. The van der Waals surface area contributed by atoms with Crippen LogP contribution < -0.4 is 0 Å². The number of ketones is 2. The highest BCUT2D eigenvalue weighted by atomic mass is 19.1. The molecule has 3 fully saturated rings. The number of Topliss-reactive ketones (excluding diaryl/α,β-unsaturated/α-hetero) is 1. The van der Waals surface area contributed by atoms with Gasteiger partial charge >= 0.3 is 11.9 Å². The van der Waals surface area contributed by atoms with Crippen molar-refractivity contribution in [3.8, 4) is 0 Å². The summed E-state index contributed by atoms with van der Waals surface area (Å²) in [5, 5.41) is 11.5. The van der Waals surface area contributed by atoms with Crippen molar-refractivity contribution in [2.75, 3.05) is 6.61 Å². The van der Waals surface area contributed by atoms with E-state index in [4.69, 9.17) is 9.47 Å². The molecule has 0 saturated heterocycles. The molecule has 0 aromatic heterocycles. The highest BCUT2D eigenvalue weighted by molar-refractivity contribution is 6.01. The second-order valence-corrected chi connectivity index (χ2v) is 11.9. The molecule has 0 aromatic carbocycles. The van der Waals surface area contributed by atoms with Gasteiger partial charge in [0.25, 0.3) is 0 Å². The summed E-state index contributed by atoms with van der Waals surface area (Å²) in [6.45, 7) is 9.31. The topological polar surface area (TPSA) is 107 Å². The van der Waals surface area contributed by atoms with Crippen LogP contribution in [-0.2, 0) is 28.7 Å². The zero-order valence-electron chi connectivity index (χ0n) is 21.9. The zero-order valence-corrected chi connectivity index (χ0v) is 21.9. The SMILES string of the molecule is CC(=O)OCC(=O)[C@@]1(OC(=O)C(C)C)[C@@H](C)C[C@H]2[C@@H]3CCC4=CC(=O)C=C[C@]4(C)[C@@]3(F)C(O)C[C@@]21C. The van der Waals surface area contributed by atoms with Crippen molar-refractivity contribution >= 4 is 23.5 Å². The Labute approximate surface area is 211 Å². The molecule has 4 aliphatic rings. The lowest BCUT2D eigenvalue weighted by molar-refractivity contribution is -0.229. The first-order chi connectivity index (χ1) is 16.6. The van der Waals surface area contributed by atoms with Gasteiger partial charge in [0.15, 0.2) is 23.7 Å². The van der Waals surface area contributed by atoms with Crippen molar-refractivity contribution in [3.63, 3.8) is 0 Å². The number of hydrogen-bond acceptors (Lipinski definition) is 7. The van der Waals surface area contributed by atoms with Gasteiger partial charge in [-0.25, -0.2) is 4.39 Å². The molecule has 8 atom stereocenters. The largest absolute Gasteiger partial charge is 0.458 e. The van der Waals surface area contributed by atoms with Gasteiger partial charge in [-0.15, -0.1) is 0 Å². The summed E-state index contributed by atoms with van der Waals surface area (Å²) in [4.78, 5) is 50.3. The number of ether oxygens (including phenoxy) is 2. The van der Waals surface area contributed by atoms with Gasteiger partial charge in [0.1, 0.15) is 0 Å². The number of carbonyl (C=O) groups excluding carboxylic acids is 4. The second-order valence-electron chi connectivity index (χ2n) is 11.9. The van der Waals surface area contributed by atoms with E-state index in [-0.39, 0.29) is 18.1 Å². The molecule has 7 nitrogen and oxygen atoms in total. The third-order valence-corrected chi connectivity index (χ3v) is 9.73. The highest BCUT2D eigenvalue weighted by Crippen LogP contribution is 2.71. The maximum atomic E-state index is 17.4. The van der Waals surface area contributed by atoms with Crippen LogP contribution in [0.1, 0.15) is 67.2 Å². The molecule has 0 bridgehead atoms. The number of hydrogen-bond donors (Lipinski definition) is 1. The lowest BCUT2D eigenvalue weighted by Crippen LogP contribution is -2.70. The number of rotatable bonds is 5. The first kappa shape index (κ1) is 26.7. The van der Waals surface area contributed by atoms with E-state index >= 15 is 4.39 Å². The van der Waals surface area contributed by atoms with E-state index in [1.165, 1.54) is 19.1 Å². The number of aliphatic hydroxyl groups excluding tert-OH is 1. The summed E-state index contributed by atoms with van der Waals surface area (Å²) >= 11 is 0. The summed E-state index contributed by atoms with van der Waals surface area (Å²) in [7, 11) is 0. The summed E-state index contributed by atoms with van der Waals surface area (Å²) in [6.07, 6.45) is 4.14. The second kappa shape index (κ2) is 8.61. The van der Waals surface area contributed by atoms with E-state index in [1.54, 1.807) is 33.8 Å². The molecule has 8 heteroatoms. The Balaban J connectivity index is 1.83. The van der Waals surface area contributed by atoms with Crippen molar-refractivity contribution < 1.29 is 38.1 Å². The lowest BCUT2D eigenvalue weighted by atomic mass is 9.44. The number of esters is 2. The minimum Gasteiger partial charge on any atom is -0.458 e. The standard InChI is InChI=1S/C28H37FO7/c1-15(2)24(34)36-28(23(33)14-35-17(4)30)16(3)11-21-20-8-7-18-12-19(31)9-10-25(18,5)27(20,29)22(32)13-26(21,28)6/h9-10,12,15-16,20-22,32H,7-8,11,13-14H2,1-6H3/t16-,20-,21-,22?,25-,26-,27-,28-/m0/s1. The average Bonchev–Trinajstić information content (AvgIpc) is 3.00. The Kier molecular flexibility index (Phi) is 6.38. The molecule has 1 unspecified atom stereocenters. The van der Waals surface area contributed by atoms with Gasteiger partial charge in [-0.1, -0.05) is 39.3 Å². The normalized spacial score (nSPS) is 43.2. The van der Waals surface area contributed by atoms with E-state index < -0.39 is 70.3 Å². The van der Waals surface area contributed by atoms with Gasteiger partial charge in [0.05, 0.1) is 12.0 Å². The molecule has 36 heavy (non-hydrogen) atoms. The molecule has 3 saturated carbocycles. The zero-order chi connectivity index (χ0) is 26.8. The van der Waals surface area contributed by atoms with Gasteiger partial charge in [0, 0.05) is 29.6 Å². The molecule has 0 radical (unpaired) electrons. The number of halogens is 1. The molecule has 0 heterocycles. The molecular weight excluding hydrogens is 467 g/mol. The fourth-order valence-electron chi connectivity index (χ4n) is 7.95. The van der Waals surface area contributed by atoms with Crippen molar-refractivity contribution in [2.45, 2.75) is 84.6 Å². The maximum Gasteiger partial charge on any atom is 0.309 e. The lowest BCUT2D eigenvalue weighted by Gasteiger charge is -2.62. The molecule has 0 spiro atoms. The highest BCUT2D eigenvalue weighted by Gasteiger charge is 2.77. The third-order valence-electron chi connectivity index (χ3n) is 9.73. The average molecular weight is 505 g/mol. The molecule has 4 aliphatic carbocycles. The van der Waals surface area contributed by atoms with Crippen LogP contribution in [0.15, 0.2) is 23.8 Å². The Morgan fingerprint density at radius 2 is 1.89 bits per heavy atom. The van der Waals surface area contributed by atoms with Crippen molar-refractivity contribution in [1.29, 1.82) is 0 Å². The van der Waals surface area contributed by atoms with E-state index in [2.05, 4.69) is 0 Å². The third kappa shape index (κ3) is 3.39. The van der Waals surface area contributed by atoms with E-state index in [0.717, 1.165) is 0 Å². The van der Waals surface area contributed by atoms with Gasteiger partial charge in [-0.3, -0.25) is 19.2 Å². The van der Waals surface area contributed by atoms with Crippen molar-refractivity contribution in [1.82, 2.24) is 0 Å². The van der Waals surface area contributed by atoms with E-state index in [9.17, 15) is 24.3 Å². The van der Waals surface area contributed by atoms with E-state index in [0.29, 0.717) is 24.8 Å². The minimum atomic E-state index is -2.06. The van der Waals surface area contributed by atoms with Gasteiger partial charge < -0.3 is 14.6 Å². The Hall–Kier alpha value is -2.35. The number of aliphatic hydroxyl groups is 1. The number of carbonyl (C=O) groups is 4. The van der Waals surface area contributed by atoms with Crippen LogP contribution in [0.2, 0.25) is 0 Å². The van der Waals surface area contributed by atoms with Gasteiger partial charge in [-0.05, 0) is 50.7 Å². The van der Waals surface area contributed by atoms with Crippen LogP contribution in [0.3, 0.4) is 0 Å². The quantitative estimate of drug-likeness (QED) is 0.569. The smallest absolute Gasteiger partial charge is 0.309 e. The van der Waals surface area contributed by atoms with Crippen LogP contribution in [0.4, 0.5) is 4.39 Å². The van der Waals surface area contributed by atoms with Gasteiger partial charge in [0.2, 0.25) is 5.78 Å². The molecule has 198 valence electrons. The Bertz CT molecular complexity index is 1060. The van der Waals surface area contributed by atoms with Crippen molar-refractivity contribution in [3.05, 3.63) is 23.8 Å². The fourth-order valence-corrected chi connectivity index (χ4v) is 7.95. The minimum absolute atomic E-state index is 0.114. The fraction of sp³-hybridized carbons (Fsp3) is 0.714. The maximum absolute atomic E-state index is 17.4. The monoisotopic (exact) mass is 504 g/mol. The van der Waals surface area contributed by atoms with Crippen LogP contribution in [0, 0.1) is 34.5 Å². The van der Waals surface area contributed by atoms with Crippen LogP contribution >= 0.6 is 0 Å². The molecule has 0 aromatic rings. The molecule has 0 amide bonds. The molecular formula is C28H37FO7. The summed E-state index contributed by atoms with van der Waals surface area (Å²) in [6, 6.07) is 0. The number of alkyl halides is 1. The first-order valence-corrected chi connectivity index (χ1v) is 12.9. The number of allylic oxidation sites excluding steroid dienone is 4. The molecule has 0 aliphatic heterocycles. The van der Waals surface area contributed by atoms with Crippen LogP contribution in [-0.4, -0.2) is 52.6 Å². The van der Waals surface area contributed by atoms with Gasteiger partial charge in [-0.2, -0.15) is 0 Å². The first-order valence-electron chi connectivity index (χ1n) is 12.9. The summed E-state index contributed by atoms with van der Waals surface area (Å²) < 4.78 is 28.5. The predicted molar refractivity (Wildman–Crippen MR) is 128 cm³/mol. The number of fused-ring (bicyclic) bond motifs is 5. The van der Waals surface area contributed by atoms with Crippen LogP contribution in [0.5, 0.6) is 0 Å². The predicted octanol–water partition coefficient (Wildman–Crippen LogP) is 3.67. The van der Waals surface area contributed by atoms with Crippen LogP contribution in [0.25, 0.3) is 0 Å². The summed E-state index contributed by atoms with van der Waals surface area (Å²) in [5.74, 6) is -3.95. The Morgan fingerprint density at radius 1 is 1.22 bits per heavy atom. The van der Waals surface area contributed by atoms with E-state index in [1.807, 2.05) is 6.92 Å². The Morgan fingerprint density at radius 3 is 2.50 bits per heavy atom. The van der Waals surface area contributed by atoms with Crippen molar-refractivity contribution in [2.24, 2.45) is 34.5 Å². The molecule has 4 rings (SSSR count).